The molecule has 0 saturated carbocycles. The Hall–Kier alpha value is -1.43. The van der Waals surface area contributed by atoms with Crippen LogP contribution in [0.25, 0.3) is 0 Å². The number of nitrogens with zero attached hydrogens (tertiary/aromatic N) is 2. The maximum absolute atomic E-state index is 11.4. The normalized spacial score (nSPS) is 9.79. The van der Waals surface area contributed by atoms with Crippen LogP contribution in [0.4, 0.5) is 0 Å². The van der Waals surface area contributed by atoms with Gasteiger partial charge in [0, 0.05) is 26.2 Å². The monoisotopic (exact) mass is 212 g/mol. The van der Waals surface area contributed by atoms with E-state index in [-0.39, 0.29) is 5.91 Å². The zero-order valence-electron chi connectivity index (χ0n) is 7.86. The summed E-state index contributed by atoms with van der Waals surface area (Å²) in [5.41, 5.74) is 5.68. The number of nitrogens with one attached hydrogen (secondary N) is 1. The van der Waals surface area contributed by atoms with Crippen molar-refractivity contribution in [2.24, 2.45) is 12.8 Å². The van der Waals surface area contributed by atoms with Gasteiger partial charge in [0.15, 0.2) is 0 Å². The lowest BCUT2D eigenvalue weighted by atomic mass is 10.4. The average Bonchev–Trinajstić information content (AvgIpc) is 2.51. The minimum Gasteiger partial charge on any atom is -0.393 e. The SMILES string of the molecule is Cn1ccc(C(=O)NCCC(N)=S)n1. The molecule has 1 amide bonds. The molecular formula is C8H12N4OS. The first-order valence-electron chi connectivity index (χ1n) is 4.16. The lowest BCUT2D eigenvalue weighted by Gasteiger charge is -2.01. The molecule has 1 heterocycles. The average molecular weight is 212 g/mol. The maximum Gasteiger partial charge on any atom is 0.271 e. The summed E-state index contributed by atoms with van der Waals surface area (Å²) < 4.78 is 1.57. The summed E-state index contributed by atoms with van der Waals surface area (Å²) in [6.45, 7) is 0.449. The van der Waals surface area contributed by atoms with Crippen molar-refractivity contribution >= 4 is 23.1 Å². The van der Waals surface area contributed by atoms with Gasteiger partial charge in [0.25, 0.3) is 5.91 Å². The lowest BCUT2D eigenvalue weighted by Crippen LogP contribution is -2.27. The van der Waals surface area contributed by atoms with Crippen LogP contribution in [0.1, 0.15) is 16.9 Å². The molecule has 0 spiro atoms. The fourth-order valence-electron chi connectivity index (χ4n) is 0.926. The largest absolute Gasteiger partial charge is 0.393 e. The van der Waals surface area contributed by atoms with Crippen LogP contribution in [-0.2, 0) is 7.05 Å². The zero-order valence-corrected chi connectivity index (χ0v) is 8.67. The number of carbonyl (C=O) groups is 1. The summed E-state index contributed by atoms with van der Waals surface area (Å²) in [7, 11) is 1.76. The fourth-order valence-corrected chi connectivity index (χ4v) is 1.03. The number of hydrogen-bond donors (Lipinski definition) is 2. The van der Waals surface area contributed by atoms with Crippen LogP contribution in [-0.4, -0.2) is 27.2 Å². The highest BCUT2D eigenvalue weighted by molar-refractivity contribution is 7.80. The van der Waals surface area contributed by atoms with Crippen molar-refractivity contribution in [3.05, 3.63) is 18.0 Å². The predicted molar refractivity (Wildman–Crippen MR) is 56.9 cm³/mol. The van der Waals surface area contributed by atoms with E-state index >= 15 is 0 Å². The molecule has 0 saturated heterocycles. The Labute approximate surface area is 87.3 Å². The van der Waals surface area contributed by atoms with Crippen molar-refractivity contribution < 1.29 is 4.79 Å². The Morgan fingerprint density at radius 3 is 3.00 bits per heavy atom. The quantitative estimate of drug-likeness (QED) is 0.679. The van der Waals surface area contributed by atoms with Crippen LogP contribution in [0.15, 0.2) is 12.3 Å². The molecule has 14 heavy (non-hydrogen) atoms. The Balaban J connectivity index is 2.39. The first kappa shape index (κ1) is 10.6. The van der Waals surface area contributed by atoms with Gasteiger partial charge in [-0.3, -0.25) is 9.48 Å². The molecule has 76 valence electrons. The van der Waals surface area contributed by atoms with Crippen LogP contribution >= 0.6 is 12.2 Å². The van der Waals surface area contributed by atoms with Crippen molar-refractivity contribution in [1.82, 2.24) is 15.1 Å². The van der Waals surface area contributed by atoms with Crippen LogP contribution in [0.5, 0.6) is 0 Å². The summed E-state index contributed by atoms with van der Waals surface area (Å²) in [4.78, 5) is 11.8. The molecule has 0 bridgehead atoms. The number of nitrogens with two attached hydrogens (primary N) is 1. The van der Waals surface area contributed by atoms with E-state index in [0.29, 0.717) is 23.6 Å². The van der Waals surface area contributed by atoms with Crippen LogP contribution in [0.2, 0.25) is 0 Å². The molecule has 0 fully saturated rings. The second kappa shape index (κ2) is 4.71. The first-order valence-corrected chi connectivity index (χ1v) is 4.56. The third-order valence-corrected chi connectivity index (χ3v) is 1.81. The second-order valence-electron chi connectivity index (χ2n) is 2.85. The molecule has 0 atom stereocenters. The smallest absolute Gasteiger partial charge is 0.271 e. The lowest BCUT2D eigenvalue weighted by molar-refractivity contribution is 0.0949. The Kier molecular flexibility index (Phi) is 3.58. The predicted octanol–water partition coefficient (Wildman–Crippen LogP) is -0.174. The van der Waals surface area contributed by atoms with Gasteiger partial charge in [0.2, 0.25) is 0 Å². The number of carbonyl (C=O) groups excluding carboxylic acids is 1. The van der Waals surface area contributed by atoms with Gasteiger partial charge in [-0.2, -0.15) is 5.10 Å². The van der Waals surface area contributed by atoms with Crippen molar-refractivity contribution in [2.75, 3.05) is 6.54 Å². The Morgan fingerprint density at radius 1 is 1.79 bits per heavy atom. The van der Waals surface area contributed by atoms with E-state index in [1.54, 1.807) is 24.0 Å². The van der Waals surface area contributed by atoms with Gasteiger partial charge >= 0.3 is 0 Å². The number of aromatic nitrogens is 2. The summed E-state index contributed by atoms with van der Waals surface area (Å²) in [5, 5.41) is 6.61. The minimum atomic E-state index is -0.207. The standard InChI is InChI=1S/C8H12N4OS/c1-12-5-3-6(11-12)8(13)10-4-2-7(9)14/h3,5H,2,4H2,1H3,(H2,9,14)(H,10,13). The number of amides is 1. The number of hydrogen-bond acceptors (Lipinski definition) is 3. The fraction of sp³-hybridized carbons (Fsp3) is 0.375. The highest BCUT2D eigenvalue weighted by atomic mass is 32.1. The van der Waals surface area contributed by atoms with Crippen molar-refractivity contribution in [2.45, 2.75) is 6.42 Å². The third kappa shape index (κ3) is 3.14. The van der Waals surface area contributed by atoms with Crippen molar-refractivity contribution in [1.29, 1.82) is 0 Å². The molecule has 5 nitrogen and oxygen atoms in total. The number of thiocarbonyl (C=S) groups is 1. The molecule has 0 aliphatic heterocycles. The van der Waals surface area contributed by atoms with Gasteiger partial charge in [-0.05, 0) is 6.07 Å². The topological polar surface area (TPSA) is 72.9 Å². The summed E-state index contributed by atoms with van der Waals surface area (Å²) in [5.74, 6) is -0.207. The molecule has 0 radical (unpaired) electrons. The number of aryl methyl sites for hydroxylation is 1. The molecule has 1 rings (SSSR count). The molecular weight excluding hydrogens is 200 g/mol. The molecule has 0 aliphatic carbocycles. The van der Waals surface area contributed by atoms with E-state index in [1.165, 1.54) is 0 Å². The van der Waals surface area contributed by atoms with Crippen molar-refractivity contribution in [3.8, 4) is 0 Å². The molecule has 1 aromatic rings. The molecule has 6 heteroatoms. The van der Waals surface area contributed by atoms with E-state index in [1.807, 2.05) is 0 Å². The molecule has 3 N–H and O–H groups in total. The van der Waals surface area contributed by atoms with E-state index in [9.17, 15) is 4.79 Å². The second-order valence-corrected chi connectivity index (χ2v) is 3.37. The minimum absolute atomic E-state index is 0.207. The van der Waals surface area contributed by atoms with Gasteiger partial charge in [-0.15, -0.1) is 0 Å². The molecule has 1 aromatic heterocycles. The highest BCUT2D eigenvalue weighted by Crippen LogP contribution is 1.93. The van der Waals surface area contributed by atoms with E-state index in [4.69, 9.17) is 5.73 Å². The van der Waals surface area contributed by atoms with Crippen LogP contribution in [0, 0.1) is 0 Å². The van der Waals surface area contributed by atoms with Gasteiger partial charge in [-0.25, -0.2) is 0 Å². The van der Waals surface area contributed by atoms with E-state index < -0.39 is 0 Å². The molecule has 0 aliphatic rings. The van der Waals surface area contributed by atoms with E-state index in [0.717, 1.165) is 0 Å². The first-order chi connectivity index (χ1) is 6.59. The van der Waals surface area contributed by atoms with Gasteiger partial charge in [0.05, 0.1) is 4.99 Å². The van der Waals surface area contributed by atoms with Crippen molar-refractivity contribution in [3.63, 3.8) is 0 Å². The Bertz CT molecular complexity index is 347. The Morgan fingerprint density at radius 2 is 2.50 bits per heavy atom. The third-order valence-electron chi connectivity index (χ3n) is 1.60. The summed E-state index contributed by atoms with van der Waals surface area (Å²) in [6.07, 6.45) is 2.22. The summed E-state index contributed by atoms with van der Waals surface area (Å²) in [6, 6.07) is 1.65. The zero-order chi connectivity index (χ0) is 10.6. The van der Waals surface area contributed by atoms with Gasteiger partial charge in [-0.1, -0.05) is 12.2 Å². The maximum atomic E-state index is 11.4. The van der Waals surface area contributed by atoms with Crippen LogP contribution < -0.4 is 11.1 Å². The van der Waals surface area contributed by atoms with Crippen LogP contribution in [0.3, 0.4) is 0 Å². The number of rotatable bonds is 4. The van der Waals surface area contributed by atoms with E-state index in [2.05, 4.69) is 22.6 Å². The summed E-state index contributed by atoms with van der Waals surface area (Å²) >= 11 is 4.68. The molecule has 0 unspecified atom stereocenters. The highest BCUT2D eigenvalue weighted by Gasteiger charge is 2.07. The van der Waals surface area contributed by atoms with Gasteiger partial charge in [0.1, 0.15) is 5.69 Å². The van der Waals surface area contributed by atoms with Gasteiger partial charge < -0.3 is 11.1 Å². The molecule has 0 aromatic carbocycles.